The lowest BCUT2D eigenvalue weighted by atomic mass is 10.1. The number of amides is 2. The highest BCUT2D eigenvalue weighted by Gasteiger charge is 2.04. The molecule has 0 atom stereocenters. The summed E-state index contributed by atoms with van der Waals surface area (Å²) in [5.74, 6) is 0. The zero-order chi connectivity index (χ0) is 12.0. The van der Waals surface area contributed by atoms with Crippen LogP contribution in [0.5, 0.6) is 0 Å². The van der Waals surface area contributed by atoms with Gasteiger partial charge in [-0.3, -0.25) is 0 Å². The molecular weight excluding hydrogens is 202 g/mol. The van der Waals surface area contributed by atoms with Crippen LogP contribution in [0.3, 0.4) is 0 Å². The number of carbonyl (C=O) groups excluding carboxylic acids is 1. The number of nitrogens with two attached hydrogens (primary N) is 1. The summed E-state index contributed by atoms with van der Waals surface area (Å²) >= 11 is 0. The van der Waals surface area contributed by atoms with Gasteiger partial charge in [0.1, 0.15) is 0 Å². The van der Waals surface area contributed by atoms with E-state index in [1.807, 2.05) is 32.0 Å². The van der Waals surface area contributed by atoms with E-state index in [0.29, 0.717) is 13.1 Å². The third-order valence-electron chi connectivity index (χ3n) is 2.32. The molecule has 16 heavy (non-hydrogen) atoms. The lowest BCUT2D eigenvalue weighted by molar-refractivity contribution is 0.252. The van der Waals surface area contributed by atoms with Gasteiger partial charge in [-0.1, -0.05) is 19.1 Å². The number of anilines is 1. The molecule has 0 aromatic heterocycles. The van der Waals surface area contributed by atoms with Crippen LogP contribution in [0.4, 0.5) is 10.5 Å². The first-order chi connectivity index (χ1) is 7.67. The Hall–Kier alpha value is -1.55. The summed E-state index contributed by atoms with van der Waals surface area (Å²) in [7, 11) is 0. The van der Waals surface area contributed by atoms with Crippen LogP contribution in [0.2, 0.25) is 0 Å². The van der Waals surface area contributed by atoms with E-state index in [1.54, 1.807) is 0 Å². The Kier molecular flexibility index (Phi) is 4.79. The Morgan fingerprint density at radius 2 is 2.19 bits per heavy atom. The highest BCUT2D eigenvalue weighted by molar-refractivity contribution is 5.90. The molecule has 1 aromatic carbocycles. The number of benzene rings is 1. The second-order valence-electron chi connectivity index (χ2n) is 3.73. The van der Waals surface area contributed by atoms with Gasteiger partial charge in [-0.25, -0.2) is 4.79 Å². The molecule has 0 aliphatic carbocycles. The summed E-state index contributed by atoms with van der Waals surface area (Å²) in [6.45, 7) is 5.13. The first-order valence-corrected chi connectivity index (χ1v) is 5.51. The van der Waals surface area contributed by atoms with Gasteiger partial charge >= 0.3 is 6.03 Å². The second kappa shape index (κ2) is 6.12. The lowest BCUT2D eigenvalue weighted by Crippen LogP contribution is -2.29. The van der Waals surface area contributed by atoms with E-state index in [1.165, 1.54) is 0 Å². The van der Waals surface area contributed by atoms with Crippen molar-refractivity contribution in [3.05, 3.63) is 29.3 Å². The molecule has 4 nitrogen and oxygen atoms in total. The van der Waals surface area contributed by atoms with Gasteiger partial charge in [0.05, 0.1) is 0 Å². The number of rotatable bonds is 4. The Morgan fingerprint density at radius 3 is 2.81 bits per heavy atom. The molecule has 0 fully saturated rings. The highest BCUT2D eigenvalue weighted by Crippen LogP contribution is 2.16. The summed E-state index contributed by atoms with van der Waals surface area (Å²) < 4.78 is 0. The predicted octanol–water partition coefficient (Wildman–Crippen LogP) is 1.99. The van der Waals surface area contributed by atoms with Gasteiger partial charge in [0.25, 0.3) is 0 Å². The van der Waals surface area contributed by atoms with Crippen LogP contribution in [-0.2, 0) is 6.54 Å². The van der Waals surface area contributed by atoms with Crippen LogP contribution in [0.15, 0.2) is 18.2 Å². The molecule has 0 heterocycles. The van der Waals surface area contributed by atoms with Crippen LogP contribution in [0, 0.1) is 6.92 Å². The number of carbonyl (C=O) groups is 1. The average Bonchev–Trinajstić information content (AvgIpc) is 2.29. The quantitative estimate of drug-likeness (QED) is 0.727. The van der Waals surface area contributed by atoms with Gasteiger partial charge in [0.15, 0.2) is 0 Å². The topological polar surface area (TPSA) is 67.2 Å². The van der Waals surface area contributed by atoms with Gasteiger partial charge in [-0.05, 0) is 30.5 Å². The van der Waals surface area contributed by atoms with Crippen molar-refractivity contribution >= 4 is 11.7 Å². The maximum atomic E-state index is 11.5. The molecule has 1 rings (SSSR count). The number of hydrogen-bond acceptors (Lipinski definition) is 2. The zero-order valence-corrected chi connectivity index (χ0v) is 9.84. The summed E-state index contributed by atoms with van der Waals surface area (Å²) in [5.41, 5.74) is 8.41. The Balaban J connectivity index is 2.68. The smallest absolute Gasteiger partial charge is 0.319 e. The number of nitrogens with one attached hydrogen (secondary N) is 2. The Labute approximate surface area is 96.2 Å². The minimum Gasteiger partial charge on any atom is -0.338 e. The third kappa shape index (κ3) is 3.55. The number of aryl methyl sites for hydroxylation is 1. The molecule has 0 unspecified atom stereocenters. The summed E-state index contributed by atoms with van der Waals surface area (Å²) in [4.78, 5) is 11.5. The Bertz CT molecular complexity index is 363. The van der Waals surface area contributed by atoms with Crippen molar-refractivity contribution in [1.82, 2.24) is 5.32 Å². The van der Waals surface area contributed by atoms with E-state index in [9.17, 15) is 4.79 Å². The van der Waals surface area contributed by atoms with Crippen LogP contribution < -0.4 is 16.4 Å². The monoisotopic (exact) mass is 221 g/mol. The molecule has 2 amide bonds. The molecule has 0 bridgehead atoms. The fraction of sp³-hybridized carbons (Fsp3) is 0.417. The van der Waals surface area contributed by atoms with Crippen LogP contribution in [0.1, 0.15) is 24.5 Å². The first kappa shape index (κ1) is 12.5. The van der Waals surface area contributed by atoms with E-state index in [4.69, 9.17) is 5.73 Å². The minimum atomic E-state index is -0.167. The zero-order valence-electron chi connectivity index (χ0n) is 9.84. The standard InChI is InChI=1S/C12H19N3O/c1-3-6-14-12(16)15-11-7-10(8-13)5-4-9(11)2/h4-5,7H,3,6,8,13H2,1-2H3,(H2,14,15,16). The summed E-state index contributed by atoms with van der Waals surface area (Å²) in [6, 6.07) is 5.65. The van der Waals surface area contributed by atoms with Crippen molar-refractivity contribution in [2.45, 2.75) is 26.8 Å². The lowest BCUT2D eigenvalue weighted by Gasteiger charge is -2.10. The van der Waals surface area contributed by atoms with Gasteiger partial charge < -0.3 is 16.4 Å². The number of urea groups is 1. The molecule has 0 saturated carbocycles. The van der Waals surface area contributed by atoms with E-state index in [-0.39, 0.29) is 6.03 Å². The van der Waals surface area contributed by atoms with Crippen molar-refractivity contribution in [2.75, 3.05) is 11.9 Å². The fourth-order valence-electron chi connectivity index (χ4n) is 1.34. The number of hydrogen-bond donors (Lipinski definition) is 3. The largest absolute Gasteiger partial charge is 0.338 e. The van der Waals surface area contributed by atoms with Crippen LogP contribution >= 0.6 is 0 Å². The molecule has 4 N–H and O–H groups in total. The summed E-state index contributed by atoms with van der Waals surface area (Å²) in [5, 5.41) is 5.58. The average molecular weight is 221 g/mol. The van der Waals surface area contributed by atoms with Gasteiger partial charge in [0.2, 0.25) is 0 Å². The molecule has 0 radical (unpaired) electrons. The van der Waals surface area contributed by atoms with Crippen molar-refractivity contribution in [2.24, 2.45) is 5.73 Å². The van der Waals surface area contributed by atoms with E-state index >= 15 is 0 Å². The van der Waals surface area contributed by atoms with Crippen molar-refractivity contribution < 1.29 is 4.79 Å². The van der Waals surface area contributed by atoms with E-state index in [0.717, 1.165) is 23.2 Å². The molecule has 88 valence electrons. The fourth-order valence-corrected chi connectivity index (χ4v) is 1.34. The predicted molar refractivity (Wildman–Crippen MR) is 66.4 cm³/mol. The molecular formula is C12H19N3O. The van der Waals surface area contributed by atoms with E-state index in [2.05, 4.69) is 10.6 Å². The van der Waals surface area contributed by atoms with Crippen molar-refractivity contribution in [3.8, 4) is 0 Å². The third-order valence-corrected chi connectivity index (χ3v) is 2.32. The second-order valence-corrected chi connectivity index (χ2v) is 3.73. The van der Waals surface area contributed by atoms with Crippen LogP contribution in [-0.4, -0.2) is 12.6 Å². The molecule has 0 aliphatic heterocycles. The molecule has 0 aliphatic rings. The maximum absolute atomic E-state index is 11.5. The minimum absolute atomic E-state index is 0.167. The SMILES string of the molecule is CCCNC(=O)Nc1cc(CN)ccc1C. The summed E-state index contributed by atoms with van der Waals surface area (Å²) in [6.07, 6.45) is 0.926. The van der Waals surface area contributed by atoms with Gasteiger partial charge in [-0.15, -0.1) is 0 Å². The molecule has 1 aromatic rings. The van der Waals surface area contributed by atoms with Gasteiger partial charge in [-0.2, -0.15) is 0 Å². The molecule has 0 saturated heterocycles. The van der Waals surface area contributed by atoms with Crippen molar-refractivity contribution in [3.63, 3.8) is 0 Å². The van der Waals surface area contributed by atoms with Crippen LogP contribution in [0.25, 0.3) is 0 Å². The molecule has 0 spiro atoms. The van der Waals surface area contributed by atoms with E-state index < -0.39 is 0 Å². The van der Waals surface area contributed by atoms with Gasteiger partial charge in [0, 0.05) is 18.8 Å². The molecule has 4 heteroatoms. The van der Waals surface area contributed by atoms with Crippen molar-refractivity contribution in [1.29, 1.82) is 0 Å². The maximum Gasteiger partial charge on any atom is 0.319 e. The normalized spacial score (nSPS) is 9.94. The highest BCUT2D eigenvalue weighted by atomic mass is 16.2. The Morgan fingerprint density at radius 1 is 1.44 bits per heavy atom. The first-order valence-electron chi connectivity index (χ1n) is 5.51.